The summed E-state index contributed by atoms with van der Waals surface area (Å²) in [6.07, 6.45) is 4.44. The molecule has 0 radical (unpaired) electrons. The largest absolute Gasteiger partial charge is 0.472 e. The van der Waals surface area contributed by atoms with Gasteiger partial charge in [-0.25, -0.2) is 0 Å². The number of hydrogen-bond donors (Lipinski definition) is 0. The van der Waals surface area contributed by atoms with Crippen LogP contribution in [0.3, 0.4) is 0 Å². The summed E-state index contributed by atoms with van der Waals surface area (Å²) in [5, 5.41) is 0. The van der Waals surface area contributed by atoms with E-state index in [9.17, 15) is 0 Å². The summed E-state index contributed by atoms with van der Waals surface area (Å²) in [5.74, 6) is 0. The molecule has 78 valence electrons. The zero-order chi connectivity index (χ0) is 10.7. The standard InChI is InChI=1S/C12H10Br2O/c13-11-3-1-9(2-4-11)7-12(14)10-5-6-15-8-10/h1-6,8,12H,7H2. The molecule has 1 aromatic heterocycles. The number of furan rings is 1. The predicted molar refractivity (Wildman–Crippen MR) is 68.2 cm³/mol. The SMILES string of the molecule is Brc1ccc(CC(Br)c2ccoc2)cc1. The van der Waals surface area contributed by atoms with Crippen molar-refractivity contribution < 1.29 is 4.42 Å². The zero-order valence-corrected chi connectivity index (χ0v) is 11.2. The quantitative estimate of drug-likeness (QED) is 0.742. The maximum atomic E-state index is 5.05. The van der Waals surface area contributed by atoms with Crippen LogP contribution in [-0.2, 0) is 6.42 Å². The number of hydrogen-bond acceptors (Lipinski definition) is 1. The summed E-state index contributed by atoms with van der Waals surface area (Å²) in [4.78, 5) is 0.317. The van der Waals surface area contributed by atoms with Gasteiger partial charge in [0, 0.05) is 14.9 Å². The lowest BCUT2D eigenvalue weighted by molar-refractivity contribution is 0.563. The van der Waals surface area contributed by atoms with Crippen molar-refractivity contribution in [2.24, 2.45) is 0 Å². The third-order valence-corrected chi connectivity index (χ3v) is 3.61. The Bertz CT molecular complexity index is 406. The summed E-state index contributed by atoms with van der Waals surface area (Å²) >= 11 is 7.07. The highest BCUT2D eigenvalue weighted by molar-refractivity contribution is 9.10. The Morgan fingerprint density at radius 3 is 2.47 bits per heavy atom. The molecule has 2 rings (SSSR count). The fourth-order valence-electron chi connectivity index (χ4n) is 1.40. The van der Waals surface area contributed by atoms with Gasteiger partial charge >= 0.3 is 0 Å². The first-order valence-electron chi connectivity index (χ1n) is 4.66. The van der Waals surface area contributed by atoms with Crippen molar-refractivity contribution in [2.45, 2.75) is 11.2 Å². The molecule has 1 unspecified atom stereocenters. The fraction of sp³-hybridized carbons (Fsp3) is 0.167. The van der Waals surface area contributed by atoms with E-state index in [4.69, 9.17) is 4.42 Å². The summed E-state index contributed by atoms with van der Waals surface area (Å²) in [7, 11) is 0. The molecule has 1 aromatic carbocycles. The maximum Gasteiger partial charge on any atom is 0.0946 e. The number of benzene rings is 1. The molecule has 0 amide bonds. The molecule has 1 nitrogen and oxygen atoms in total. The van der Waals surface area contributed by atoms with E-state index in [1.54, 1.807) is 12.5 Å². The molecule has 2 aromatic rings. The van der Waals surface area contributed by atoms with Gasteiger partial charge < -0.3 is 4.42 Å². The minimum absolute atomic E-state index is 0.317. The second-order valence-corrected chi connectivity index (χ2v) is 5.38. The average Bonchev–Trinajstić information content (AvgIpc) is 2.74. The van der Waals surface area contributed by atoms with Gasteiger partial charge in [-0.05, 0) is 30.2 Å². The third-order valence-electron chi connectivity index (χ3n) is 2.23. The predicted octanol–water partition coefficient (Wildman–Crippen LogP) is 4.72. The van der Waals surface area contributed by atoms with Crippen LogP contribution in [0.2, 0.25) is 0 Å². The van der Waals surface area contributed by atoms with E-state index < -0.39 is 0 Å². The summed E-state index contributed by atoms with van der Waals surface area (Å²) in [6, 6.07) is 10.4. The van der Waals surface area contributed by atoms with Crippen LogP contribution >= 0.6 is 31.9 Å². The molecule has 15 heavy (non-hydrogen) atoms. The molecule has 0 saturated carbocycles. The number of rotatable bonds is 3. The molecular formula is C12H10Br2O. The first kappa shape index (κ1) is 11.0. The second-order valence-electron chi connectivity index (χ2n) is 3.35. The summed E-state index contributed by atoms with van der Waals surface area (Å²) in [6.45, 7) is 0. The van der Waals surface area contributed by atoms with E-state index in [0.717, 1.165) is 10.9 Å². The van der Waals surface area contributed by atoms with Gasteiger partial charge in [0.05, 0.1) is 12.5 Å². The van der Waals surface area contributed by atoms with E-state index in [1.165, 1.54) is 11.1 Å². The van der Waals surface area contributed by atoms with Gasteiger partial charge in [0.15, 0.2) is 0 Å². The molecule has 3 heteroatoms. The summed E-state index contributed by atoms with van der Waals surface area (Å²) < 4.78 is 6.17. The van der Waals surface area contributed by atoms with E-state index in [-0.39, 0.29) is 0 Å². The molecule has 0 aliphatic rings. The minimum Gasteiger partial charge on any atom is -0.472 e. The molecule has 0 fully saturated rings. The van der Waals surface area contributed by atoms with Crippen LogP contribution in [-0.4, -0.2) is 0 Å². The molecule has 1 heterocycles. The van der Waals surface area contributed by atoms with Gasteiger partial charge in [-0.15, -0.1) is 0 Å². The van der Waals surface area contributed by atoms with E-state index in [0.29, 0.717) is 4.83 Å². The van der Waals surface area contributed by atoms with Gasteiger partial charge in [0.25, 0.3) is 0 Å². The monoisotopic (exact) mass is 328 g/mol. The zero-order valence-electron chi connectivity index (χ0n) is 7.99. The average molecular weight is 330 g/mol. The topological polar surface area (TPSA) is 13.1 Å². The van der Waals surface area contributed by atoms with E-state index in [1.807, 2.05) is 6.07 Å². The minimum atomic E-state index is 0.317. The van der Waals surface area contributed by atoms with Crippen molar-refractivity contribution in [3.63, 3.8) is 0 Å². The first-order chi connectivity index (χ1) is 7.25. The molecule has 0 N–H and O–H groups in total. The van der Waals surface area contributed by atoms with Crippen molar-refractivity contribution in [3.05, 3.63) is 58.5 Å². The van der Waals surface area contributed by atoms with Crippen LogP contribution < -0.4 is 0 Å². The Morgan fingerprint density at radius 2 is 1.87 bits per heavy atom. The molecule has 0 bridgehead atoms. The molecular weight excluding hydrogens is 320 g/mol. The Morgan fingerprint density at radius 1 is 1.13 bits per heavy atom. The fourth-order valence-corrected chi connectivity index (χ4v) is 2.30. The number of alkyl halides is 1. The Balaban J connectivity index is 2.06. The van der Waals surface area contributed by atoms with Crippen LogP contribution in [0.4, 0.5) is 0 Å². The van der Waals surface area contributed by atoms with Crippen LogP contribution in [0.5, 0.6) is 0 Å². The van der Waals surface area contributed by atoms with E-state index >= 15 is 0 Å². The molecule has 1 atom stereocenters. The molecule has 0 saturated heterocycles. The third kappa shape index (κ3) is 2.95. The van der Waals surface area contributed by atoms with Gasteiger partial charge in [0.1, 0.15) is 0 Å². The lowest BCUT2D eigenvalue weighted by atomic mass is 10.1. The van der Waals surface area contributed by atoms with Crippen LogP contribution in [0, 0.1) is 0 Å². The molecule has 0 spiro atoms. The maximum absolute atomic E-state index is 5.05. The Labute approximate surface area is 106 Å². The van der Waals surface area contributed by atoms with Gasteiger partial charge in [-0.1, -0.05) is 44.0 Å². The Hall–Kier alpha value is -0.540. The van der Waals surface area contributed by atoms with Crippen molar-refractivity contribution in [2.75, 3.05) is 0 Å². The van der Waals surface area contributed by atoms with Crippen molar-refractivity contribution in [1.82, 2.24) is 0 Å². The smallest absolute Gasteiger partial charge is 0.0946 e. The second kappa shape index (κ2) is 4.99. The van der Waals surface area contributed by atoms with Crippen molar-refractivity contribution >= 4 is 31.9 Å². The van der Waals surface area contributed by atoms with Crippen molar-refractivity contribution in [1.29, 1.82) is 0 Å². The molecule has 0 aliphatic heterocycles. The molecule has 0 aliphatic carbocycles. The lowest BCUT2D eigenvalue weighted by Gasteiger charge is -2.07. The van der Waals surface area contributed by atoms with Crippen LogP contribution in [0.15, 0.2) is 51.7 Å². The highest BCUT2D eigenvalue weighted by Crippen LogP contribution is 2.27. The van der Waals surface area contributed by atoms with Gasteiger partial charge in [-0.3, -0.25) is 0 Å². The van der Waals surface area contributed by atoms with Crippen molar-refractivity contribution in [3.8, 4) is 0 Å². The van der Waals surface area contributed by atoms with Crippen LogP contribution in [0.25, 0.3) is 0 Å². The lowest BCUT2D eigenvalue weighted by Crippen LogP contribution is -1.93. The van der Waals surface area contributed by atoms with Gasteiger partial charge in [0.2, 0.25) is 0 Å². The first-order valence-corrected chi connectivity index (χ1v) is 6.37. The normalized spacial score (nSPS) is 12.7. The Kier molecular flexibility index (Phi) is 3.65. The van der Waals surface area contributed by atoms with Crippen LogP contribution in [0.1, 0.15) is 16.0 Å². The number of halogens is 2. The highest BCUT2D eigenvalue weighted by Gasteiger charge is 2.09. The highest BCUT2D eigenvalue weighted by atomic mass is 79.9. The van der Waals surface area contributed by atoms with Gasteiger partial charge in [-0.2, -0.15) is 0 Å². The van der Waals surface area contributed by atoms with E-state index in [2.05, 4.69) is 56.1 Å². The summed E-state index contributed by atoms with van der Waals surface area (Å²) in [5.41, 5.74) is 2.49.